The molecular formula is C22H19ClFN3O4S2. The maximum Gasteiger partial charge on any atom is 0.279 e. The maximum atomic E-state index is 13.5. The van der Waals surface area contributed by atoms with Gasteiger partial charge in [-0.05, 0) is 59.7 Å². The van der Waals surface area contributed by atoms with Gasteiger partial charge in [-0.1, -0.05) is 35.9 Å². The van der Waals surface area contributed by atoms with E-state index in [2.05, 4.69) is 9.82 Å². The van der Waals surface area contributed by atoms with Crippen LogP contribution >= 0.6 is 11.6 Å². The van der Waals surface area contributed by atoms with Crippen LogP contribution in [0.25, 0.3) is 0 Å². The van der Waals surface area contributed by atoms with Crippen LogP contribution in [-0.4, -0.2) is 33.2 Å². The first kappa shape index (κ1) is 23.2. The third-order valence-electron chi connectivity index (χ3n) is 4.98. The zero-order valence-electron chi connectivity index (χ0n) is 17.3. The summed E-state index contributed by atoms with van der Waals surface area (Å²) in [6, 6.07) is 17.1. The lowest BCUT2D eigenvalue weighted by Crippen LogP contribution is -2.27. The van der Waals surface area contributed by atoms with E-state index in [1.807, 2.05) is 0 Å². The van der Waals surface area contributed by atoms with Crippen molar-refractivity contribution in [3.05, 3.63) is 94.8 Å². The second kappa shape index (κ2) is 8.77. The van der Waals surface area contributed by atoms with E-state index in [1.54, 1.807) is 24.3 Å². The van der Waals surface area contributed by atoms with E-state index in [4.69, 9.17) is 11.6 Å². The molecule has 0 aliphatic carbocycles. The number of sulfonamides is 2. The molecule has 3 aromatic carbocycles. The number of rotatable bonds is 6. The first-order valence-corrected chi connectivity index (χ1v) is 13.4. The maximum absolute atomic E-state index is 13.5. The average molecular weight is 508 g/mol. The molecule has 1 atom stereocenters. The third-order valence-corrected chi connectivity index (χ3v) is 7.54. The highest BCUT2D eigenvalue weighted by Gasteiger charge is 2.37. The Balaban J connectivity index is 1.78. The van der Waals surface area contributed by atoms with Gasteiger partial charge in [0.1, 0.15) is 5.82 Å². The van der Waals surface area contributed by atoms with E-state index in [1.165, 1.54) is 48.5 Å². The van der Waals surface area contributed by atoms with E-state index in [9.17, 15) is 21.2 Å². The number of hydrogen-bond acceptors (Lipinski definition) is 5. The van der Waals surface area contributed by atoms with Crippen LogP contribution in [0.4, 0.5) is 10.1 Å². The molecule has 33 heavy (non-hydrogen) atoms. The summed E-state index contributed by atoms with van der Waals surface area (Å²) in [5.74, 6) is -0.440. The van der Waals surface area contributed by atoms with E-state index >= 15 is 0 Å². The van der Waals surface area contributed by atoms with Gasteiger partial charge in [-0.2, -0.15) is 17.9 Å². The lowest BCUT2D eigenvalue weighted by molar-refractivity contribution is 0.371. The molecule has 0 spiro atoms. The van der Waals surface area contributed by atoms with Gasteiger partial charge in [0.2, 0.25) is 10.0 Å². The minimum absolute atomic E-state index is 0.0107. The molecule has 0 amide bonds. The van der Waals surface area contributed by atoms with Crippen molar-refractivity contribution in [3.8, 4) is 0 Å². The van der Waals surface area contributed by atoms with Crippen LogP contribution in [0.2, 0.25) is 5.02 Å². The summed E-state index contributed by atoms with van der Waals surface area (Å²) in [6.07, 6.45) is 1.25. The number of anilines is 1. The lowest BCUT2D eigenvalue weighted by atomic mass is 9.99. The number of nitrogens with one attached hydrogen (secondary N) is 1. The average Bonchev–Trinajstić information content (AvgIpc) is 3.20. The molecule has 1 aliphatic rings. The third kappa shape index (κ3) is 5.18. The number of hydrogen-bond donors (Lipinski definition) is 1. The molecule has 1 heterocycles. The van der Waals surface area contributed by atoms with Gasteiger partial charge in [0.25, 0.3) is 10.0 Å². The highest BCUT2D eigenvalue weighted by molar-refractivity contribution is 7.92. The van der Waals surface area contributed by atoms with Crippen molar-refractivity contribution in [2.24, 2.45) is 5.10 Å². The largest absolute Gasteiger partial charge is 0.284 e. The van der Waals surface area contributed by atoms with E-state index < -0.39 is 31.9 Å². The normalized spacial score (nSPS) is 16.5. The van der Waals surface area contributed by atoms with Crippen LogP contribution in [0.3, 0.4) is 0 Å². The molecule has 0 saturated carbocycles. The minimum atomic E-state index is -4.06. The quantitative estimate of drug-likeness (QED) is 0.535. The lowest BCUT2D eigenvalue weighted by Gasteiger charge is -2.23. The highest BCUT2D eigenvalue weighted by atomic mass is 35.5. The van der Waals surface area contributed by atoms with E-state index in [0.29, 0.717) is 27.5 Å². The first-order valence-electron chi connectivity index (χ1n) is 9.74. The summed E-state index contributed by atoms with van der Waals surface area (Å²) in [6.45, 7) is 0. The van der Waals surface area contributed by atoms with Gasteiger partial charge in [0.15, 0.2) is 0 Å². The molecule has 0 saturated heterocycles. The van der Waals surface area contributed by atoms with Gasteiger partial charge in [-0.25, -0.2) is 12.8 Å². The van der Waals surface area contributed by atoms with Crippen LogP contribution in [0.1, 0.15) is 23.6 Å². The molecule has 1 aliphatic heterocycles. The van der Waals surface area contributed by atoms with E-state index in [-0.39, 0.29) is 11.3 Å². The molecule has 7 nitrogen and oxygen atoms in total. The summed E-state index contributed by atoms with van der Waals surface area (Å²) in [5.41, 5.74) is 1.90. The molecule has 0 aromatic heterocycles. The minimum Gasteiger partial charge on any atom is -0.284 e. The van der Waals surface area contributed by atoms with Crippen molar-refractivity contribution in [1.29, 1.82) is 0 Å². The molecule has 1 N–H and O–H groups in total. The molecule has 11 heteroatoms. The Morgan fingerprint density at radius 2 is 1.67 bits per heavy atom. The second-order valence-electron chi connectivity index (χ2n) is 7.50. The smallest absolute Gasteiger partial charge is 0.279 e. The number of halogens is 2. The number of hydrazone groups is 1. The Kier molecular flexibility index (Phi) is 6.17. The summed E-state index contributed by atoms with van der Waals surface area (Å²) in [7, 11) is -7.55. The van der Waals surface area contributed by atoms with E-state index in [0.717, 1.165) is 10.7 Å². The van der Waals surface area contributed by atoms with Crippen molar-refractivity contribution in [2.45, 2.75) is 17.4 Å². The summed E-state index contributed by atoms with van der Waals surface area (Å²) in [4.78, 5) is 0.0107. The fraction of sp³-hybridized carbons (Fsp3) is 0.136. The van der Waals surface area contributed by atoms with Gasteiger partial charge >= 0.3 is 0 Å². The van der Waals surface area contributed by atoms with Crippen LogP contribution in [-0.2, 0) is 20.0 Å². The van der Waals surface area contributed by atoms with Crippen molar-refractivity contribution in [1.82, 2.24) is 4.41 Å². The zero-order chi connectivity index (χ0) is 23.8. The molecular weight excluding hydrogens is 489 g/mol. The molecule has 3 aromatic rings. The topological polar surface area (TPSA) is 95.9 Å². The van der Waals surface area contributed by atoms with Crippen LogP contribution in [0.15, 0.2) is 82.8 Å². The van der Waals surface area contributed by atoms with Crippen molar-refractivity contribution in [2.75, 3.05) is 11.0 Å². The van der Waals surface area contributed by atoms with Gasteiger partial charge in [-0.15, -0.1) is 0 Å². The predicted molar refractivity (Wildman–Crippen MR) is 126 cm³/mol. The fourth-order valence-electron chi connectivity index (χ4n) is 3.51. The highest BCUT2D eigenvalue weighted by Crippen LogP contribution is 2.37. The van der Waals surface area contributed by atoms with Gasteiger partial charge in [0.05, 0.1) is 22.9 Å². The molecule has 4 rings (SSSR count). The number of nitrogens with zero attached hydrogens (tertiary/aromatic N) is 2. The summed E-state index contributed by atoms with van der Waals surface area (Å²) < 4.78 is 67.0. The van der Waals surface area contributed by atoms with Gasteiger partial charge in [0, 0.05) is 17.1 Å². The van der Waals surface area contributed by atoms with Crippen molar-refractivity contribution in [3.63, 3.8) is 0 Å². The first-order chi connectivity index (χ1) is 15.5. The Hall–Kier alpha value is -2.95. The van der Waals surface area contributed by atoms with Crippen LogP contribution in [0, 0.1) is 5.82 Å². The summed E-state index contributed by atoms with van der Waals surface area (Å²) >= 11 is 5.90. The Labute approximate surface area is 196 Å². The second-order valence-corrected chi connectivity index (χ2v) is 11.5. The van der Waals surface area contributed by atoms with Gasteiger partial charge < -0.3 is 0 Å². The Morgan fingerprint density at radius 3 is 2.30 bits per heavy atom. The van der Waals surface area contributed by atoms with Crippen LogP contribution < -0.4 is 4.72 Å². The molecule has 172 valence electrons. The molecule has 0 bridgehead atoms. The predicted octanol–water partition coefficient (Wildman–Crippen LogP) is 4.39. The molecule has 0 fully saturated rings. The van der Waals surface area contributed by atoms with Crippen LogP contribution in [0.5, 0.6) is 0 Å². The number of benzene rings is 3. The monoisotopic (exact) mass is 507 g/mol. The Bertz CT molecular complexity index is 1430. The van der Waals surface area contributed by atoms with Crippen molar-refractivity contribution < 1.29 is 21.2 Å². The van der Waals surface area contributed by atoms with Gasteiger partial charge in [-0.3, -0.25) is 4.72 Å². The Morgan fingerprint density at radius 1 is 1.00 bits per heavy atom. The summed E-state index contributed by atoms with van der Waals surface area (Å²) in [5, 5.41) is 4.80. The molecule has 0 radical (unpaired) electrons. The molecule has 0 unspecified atom stereocenters. The fourth-order valence-corrected chi connectivity index (χ4v) is 5.62. The standard InChI is InChI=1S/C22H19ClFN3O4S2/c1-32(28,29)26-19-4-2-3-16(13-19)21-14-22(15-5-9-18(24)10-6-15)27(25-21)33(30,31)20-11-7-17(23)8-12-20/h2-13,22,26H,14H2,1H3/t22-/m0/s1. The zero-order valence-corrected chi connectivity index (χ0v) is 19.7. The van der Waals surface area contributed by atoms with Crippen molar-refractivity contribution >= 4 is 43.0 Å². The SMILES string of the molecule is CS(=O)(=O)Nc1cccc(C2=NN(S(=O)(=O)c3ccc(Cl)cc3)[C@H](c3ccc(F)cc3)C2)c1.